The summed E-state index contributed by atoms with van der Waals surface area (Å²) in [6, 6.07) is 6.49. The van der Waals surface area contributed by atoms with E-state index in [9.17, 15) is 8.42 Å². The van der Waals surface area contributed by atoms with Gasteiger partial charge in [0.15, 0.2) is 0 Å². The Kier molecular flexibility index (Phi) is 10.9. The molecule has 0 amide bonds. The molecule has 0 saturated heterocycles. The zero-order chi connectivity index (χ0) is 15.0. The van der Waals surface area contributed by atoms with Crippen molar-refractivity contribution in [2.24, 2.45) is 5.92 Å². The monoisotopic (exact) mass is 322 g/mol. The topological polar surface area (TPSA) is 54.4 Å². The van der Waals surface area contributed by atoms with Crippen molar-refractivity contribution in [3.63, 3.8) is 0 Å². The minimum atomic E-state index is -4.06. The Morgan fingerprint density at radius 1 is 1.05 bits per heavy atom. The maximum absolute atomic E-state index is 10.9. The second kappa shape index (κ2) is 10.8. The molecule has 0 aliphatic carbocycles. The van der Waals surface area contributed by atoms with Gasteiger partial charge in [-0.1, -0.05) is 58.1 Å². The summed E-state index contributed by atoms with van der Waals surface area (Å²) in [7, 11) is -4.06. The van der Waals surface area contributed by atoms with Gasteiger partial charge in [-0.15, -0.1) is 0 Å². The Balaban J connectivity index is 0.00000400. The van der Waals surface area contributed by atoms with E-state index in [1.165, 1.54) is 44.2 Å². The third kappa shape index (κ3) is 8.99. The van der Waals surface area contributed by atoms with Crippen LogP contribution in [0.2, 0.25) is 0 Å². The zero-order valence-electron chi connectivity index (χ0n) is 12.5. The van der Waals surface area contributed by atoms with Crippen molar-refractivity contribution in [2.45, 2.75) is 63.7 Å². The van der Waals surface area contributed by atoms with E-state index in [1.807, 2.05) is 0 Å². The van der Waals surface area contributed by atoms with Gasteiger partial charge in [0.05, 0.1) is 4.90 Å². The molecule has 0 radical (unpaired) electrons. The predicted octanol–water partition coefficient (Wildman–Crippen LogP) is 3.82. The molecule has 0 aliphatic heterocycles. The molecule has 0 saturated carbocycles. The van der Waals surface area contributed by atoms with Crippen LogP contribution in [-0.4, -0.2) is 42.5 Å². The Labute approximate surface area is 151 Å². The summed E-state index contributed by atoms with van der Waals surface area (Å²) in [5, 5.41) is 0. The molecule has 1 aromatic rings. The van der Waals surface area contributed by atoms with Gasteiger partial charge in [-0.3, -0.25) is 4.55 Å². The van der Waals surface area contributed by atoms with Crippen LogP contribution in [0.15, 0.2) is 29.2 Å². The molecule has 1 atom stereocenters. The molecule has 0 spiro atoms. The average Bonchev–Trinajstić information content (AvgIpc) is 2.41. The molecule has 0 aromatic heterocycles. The molecule has 5 heteroatoms. The molecular weight excluding hydrogens is 295 g/mol. The van der Waals surface area contributed by atoms with Crippen LogP contribution in [0.1, 0.15) is 57.9 Å². The minimum absolute atomic E-state index is 0. The van der Waals surface area contributed by atoms with E-state index in [2.05, 4.69) is 13.8 Å². The van der Waals surface area contributed by atoms with E-state index < -0.39 is 10.1 Å². The molecule has 21 heavy (non-hydrogen) atoms. The molecule has 116 valence electrons. The zero-order valence-corrected chi connectivity index (χ0v) is 13.3. The first-order chi connectivity index (χ1) is 9.43. The van der Waals surface area contributed by atoms with Gasteiger partial charge in [0.2, 0.25) is 0 Å². The van der Waals surface area contributed by atoms with Crippen LogP contribution in [0.25, 0.3) is 0 Å². The van der Waals surface area contributed by atoms with Crippen LogP contribution in [0, 0.1) is 5.92 Å². The Morgan fingerprint density at radius 2 is 1.62 bits per heavy atom. The molecular formula is C16H27NaO3S. The first-order valence-corrected chi connectivity index (χ1v) is 8.94. The summed E-state index contributed by atoms with van der Waals surface area (Å²) in [4.78, 5) is -0.0326. The van der Waals surface area contributed by atoms with Gasteiger partial charge in [-0.05, 0) is 36.5 Å². The molecule has 1 rings (SSSR count). The van der Waals surface area contributed by atoms with Crippen LogP contribution in [0.3, 0.4) is 0 Å². The SMILES string of the molecule is CCC(C)CCCCCCc1ccc(S(=O)(=O)O)cc1.[NaH]. The Bertz CT molecular complexity index is 483. The van der Waals surface area contributed by atoms with Gasteiger partial charge in [0.1, 0.15) is 0 Å². The number of unbranched alkanes of at least 4 members (excludes halogenated alkanes) is 3. The molecule has 1 aromatic carbocycles. The number of hydrogen-bond donors (Lipinski definition) is 1. The van der Waals surface area contributed by atoms with Crippen LogP contribution in [0.5, 0.6) is 0 Å². The third-order valence-electron chi connectivity index (χ3n) is 3.83. The van der Waals surface area contributed by atoms with Gasteiger partial charge in [0.25, 0.3) is 10.1 Å². The van der Waals surface area contributed by atoms with Gasteiger partial charge in [-0.2, -0.15) is 8.42 Å². The number of benzene rings is 1. The first-order valence-electron chi connectivity index (χ1n) is 7.50. The van der Waals surface area contributed by atoms with E-state index in [0.717, 1.165) is 24.3 Å². The number of aryl methyl sites for hydroxylation is 1. The molecule has 0 bridgehead atoms. The average molecular weight is 322 g/mol. The fourth-order valence-electron chi connectivity index (χ4n) is 2.21. The van der Waals surface area contributed by atoms with Gasteiger partial charge >= 0.3 is 29.6 Å². The predicted molar refractivity (Wildman–Crippen MR) is 89.6 cm³/mol. The summed E-state index contributed by atoms with van der Waals surface area (Å²) in [5.74, 6) is 0.836. The molecule has 0 aliphatic rings. The van der Waals surface area contributed by atoms with Crippen LogP contribution < -0.4 is 0 Å². The van der Waals surface area contributed by atoms with E-state index in [-0.39, 0.29) is 34.5 Å². The molecule has 0 heterocycles. The standard InChI is InChI=1S/C16H26O3S.Na.H/c1-3-14(2)8-6-4-5-7-9-15-10-12-16(13-11-15)20(17,18)19;;/h10-14H,3-9H2,1-2H3,(H,17,18,19);;. The maximum atomic E-state index is 10.9. The van der Waals surface area contributed by atoms with Gasteiger partial charge < -0.3 is 0 Å². The van der Waals surface area contributed by atoms with Gasteiger partial charge in [0, 0.05) is 0 Å². The molecule has 1 unspecified atom stereocenters. The Hall–Kier alpha value is 0.130. The fourth-order valence-corrected chi connectivity index (χ4v) is 2.69. The van der Waals surface area contributed by atoms with Crippen molar-refractivity contribution in [3.8, 4) is 0 Å². The summed E-state index contributed by atoms with van der Waals surface area (Å²) < 4.78 is 30.7. The summed E-state index contributed by atoms with van der Waals surface area (Å²) in [6.45, 7) is 4.54. The molecule has 3 nitrogen and oxygen atoms in total. The normalized spacial score (nSPS) is 12.7. The van der Waals surface area contributed by atoms with Crippen LogP contribution in [-0.2, 0) is 16.5 Å². The summed E-state index contributed by atoms with van der Waals surface area (Å²) in [5.41, 5.74) is 1.12. The fraction of sp³-hybridized carbons (Fsp3) is 0.625. The van der Waals surface area contributed by atoms with Crippen molar-refractivity contribution in [3.05, 3.63) is 29.8 Å². The van der Waals surface area contributed by atoms with Crippen molar-refractivity contribution in [1.82, 2.24) is 0 Å². The van der Waals surface area contributed by atoms with E-state index in [4.69, 9.17) is 4.55 Å². The quantitative estimate of drug-likeness (QED) is 0.427. The van der Waals surface area contributed by atoms with Crippen molar-refractivity contribution < 1.29 is 13.0 Å². The first kappa shape index (κ1) is 21.1. The number of rotatable bonds is 9. The van der Waals surface area contributed by atoms with Crippen LogP contribution in [0.4, 0.5) is 0 Å². The van der Waals surface area contributed by atoms with Crippen molar-refractivity contribution in [1.29, 1.82) is 0 Å². The van der Waals surface area contributed by atoms with Crippen LogP contribution >= 0.6 is 0 Å². The van der Waals surface area contributed by atoms with Gasteiger partial charge in [-0.25, -0.2) is 0 Å². The Morgan fingerprint density at radius 3 is 2.14 bits per heavy atom. The second-order valence-corrected chi connectivity index (χ2v) is 7.01. The van der Waals surface area contributed by atoms with E-state index in [1.54, 1.807) is 12.1 Å². The van der Waals surface area contributed by atoms with Crippen molar-refractivity contribution >= 4 is 39.7 Å². The molecule has 1 N–H and O–H groups in total. The third-order valence-corrected chi connectivity index (χ3v) is 4.70. The molecule has 0 fully saturated rings. The summed E-state index contributed by atoms with van der Waals surface area (Å²) >= 11 is 0. The summed E-state index contributed by atoms with van der Waals surface area (Å²) in [6.07, 6.45) is 8.47. The van der Waals surface area contributed by atoms with E-state index >= 15 is 0 Å². The number of hydrogen-bond acceptors (Lipinski definition) is 2. The second-order valence-electron chi connectivity index (χ2n) is 5.59. The van der Waals surface area contributed by atoms with Crippen molar-refractivity contribution in [2.75, 3.05) is 0 Å². The van der Waals surface area contributed by atoms with E-state index in [0.29, 0.717) is 0 Å².